The highest BCUT2D eigenvalue weighted by atomic mass is 79.9. The predicted octanol–water partition coefficient (Wildman–Crippen LogP) is 3.09. The van der Waals surface area contributed by atoms with Gasteiger partial charge in [-0.2, -0.15) is 0 Å². The second-order valence-corrected chi connectivity index (χ2v) is 5.65. The molecular formula is C16H14BrFN2O3. The number of ether oxygens (including phenoxy) is 1. The van der Waals surface area contributed by atoms with E-state index in [4.69, 9.17) is 10.5 Å². The molecule has 120 valence electrons. The van der Waals surface area contributed by atoms with Crippen LogP contribution in [0.15, 0.2) is 46.9 Å². The Kier molecular flexibility index (Phi) is 5.33. The maximum Gasteiger partial charge on any atom is 0.265 e. The molecule has 7 heteroatoms. The van der Waals surface area contributed by atoms with Gasteiger partial charge < -0.3 is 15.8 Å². The fourth-order valence-electron chi connectivity index (χ4n) is 1.84. The van der Waals surface area contributed by atoms with Crippen molar-refractivity contribution in [2.45, 2.75) is 13.0 Å². The molecular weight excluding hydrogens is 367 g/mol. The number of carbonyl (C=O) groups excluding carboxylic acids is 2. The molecule has 5 nitrogen and oxygen atoms in total. The Morgan fingerprint density at radius 2 is 1.96 bits per heavy atom. The van der Waals surface area contributed by atoms with Crippen molar-refractivity contribution in [3.05, 3.63) is 58.3 Å². The molecule has 0 aromatic heterocycles. The van der Waals surface area contributed by atoms with Gasteiger partial charge in [0.1, 0.15) is 11.6 Å². The number of halogens is 2. The van der Waals surface area contributed by atoms with E-state index in [9.17, 15) is 14.0 Å². The van der Waals surface area contributed by atoms with Gasteiger partial charge in [-0.3, -0.25) is 9.59 Å². The normalized spacial score (nSPS) is 11.6. The van der Waals surface area contributed by atoms with E-state index in [1.165, 1.54) is 31.2 Å². The van der Waals surface area contributed by atoms with Crippen LogP contribution in [0.25, 0.3) is 0 Å². The van der Waals surface area contributed by atoms with Crippen LogP contribution in [0.2, 0.25) is 0 Å². The van der Waals surface area contributed by atoms with Crippen LogP contribution < -0.4 is 15.8 Å². The van der Waals surface area contributed by atoms with Crippen molar-refractivity contribution in [1.82, 2.24) is 0 Å². The van der Waals surface area contributed by atoms with E-state index in [0.717, 1.165) is 0 Å². The third kappa shape index (κ3) is 4.29. The fraction of sp³-hybridized carbons (Fsp3) is 0.125. The summed E-state index contributed by atoms with van der Waals surface area (Å²) in [5.74, 6) is -1.59. The van der Waals surface area contributed by atoms with E-state index < -0.39 is 23.7 Å². The molecule has 0 spiro atoms. The molecule has 0 aliphatic rings. The molecule has 0 aliphatic heterocycles. The van der Waals surface area contributed by atoms with Gasteiger partial charge in [0.05, 0.1) is 11.3 Å². The largest absolute Gasteiger partial charge is 0.480 e. The molecule has 2 aromatic carbocycles. The van der Waals surface area contributed by atoms with Crippen LogP contribution in [0.4, 0.5) is 10.1 Å². The fourth-order valence-corrected chi connectivity index (χ4v) is 2.18. The lowest BCUT2D eigenvalue weighted by molar-refractivity contribution is -0.122. The van der Waals surface area contributed by atoms with E-state index in [1.54, 1.807) is 18.2 Å². The molecule has 0 saturated heterocycles. The first kappa shape index (κ1) is 17.0. The van der Waals surface area contributed by atoms with Gasteiger partial charge in [0.25, 0.3) is 11.8 Å². The minimum Gasteiger partial charge on any atom is -0.480 e. The monoisotopic (exact) mass is 380 g/mol. The minimum absolute atomic E-state index is 0.0387. The summed E-state index contributed by atoms with van der Waals surface area (Å²) in [6.07, 6.45) is -0.946. The number of benzene rings is 2. The van der Waals surface area contributed by atoms with E-state index >= 15 is 0 Å². The molecule has 2 rings (SSSR count). The van der Waals surface area contributed by atoms with Crippen LogP contribution in [0.5, 0.6) is 5.75 Å². The van der Waals surface area contributed by atoms with Gasteiger partial charge in [0.15, 0.2) is 6.10 Å². The maximum atomic E-state index is 13.7. The van der Waals surface area contributed by atoms with Gasteiger partial charge in [0, 0.05) is 4.47 Å². The van der Waals surface area contributed by atoms with E-state index in [2.05, 4.69) is 21.2 Å². The Bertz CT molecular complexity index is 752. The molecule has 0 bridgehead atoms. The van der Waals surface area contributed by atoms with Crippen molar-refractivity contribution in [3.8, 4) is 5.75 Å². The van der Waals surface area contributed by atoms with Crippen LogP contribution in [0.3, 0.4) is 0 Å². The third-order valence-electron chi connectivity index (χ3n) is 3.01. The molecule has 2 aromatic rings. The van der Waals surface area contributed by atoms with Gasteiger partial charge in [-0.05, 0) is 37.3 Å². The zero-order valence-corrected chi connectivity index (χ0v) is 13.8. The summed E-state index contributed by atoms with van der Waals surface area (Å²) < 4.78 is 19.7. The number of hydrogen-bond acceptors (Lipinski definition) is 3. The number of nitrogens with two attached hydrogens (primary N) is 1. The molecule has 1 atom stereocenters. The zero-order valence-electron chi connectivity index (χ0n) is 12.2. The zero-order chi connectivity index (χ0) is 17.0. The van der Waals surface area contributed by atoms with Crippen LogP contribution >= 0.6 is 15.9 Å². The van der Waals surface area contributed by atoms with Gasteiger partial charge in [-0.25, -0.2) is 4.39 Å². The number of hydrogen-bond donors (Lipinski definition) is 2. The number of para-hydroxylation sites is 1. The van der Waals surface area contributed by atoms with E-state index in [1.807, 2.05) is 0 Å². The molecule has 0 heterocycles. The lowest BCUT2D eigenvalue weighted by Gasteiger charge is -2.16. The summed E-state index contributed by atoms with van der Waals surface area (Å²) in [4.78, 5) is 23.4. The number of nitrogens with one attached hydrogen (secondary N) is 1. The Morgan fingerprint density at radius 3 is 2.61 bits per heavy atom. The van der Waals surface area contributed by atoms with Crippen LogP contribution in [-0.4, -0.2) is 17.9 Å². The molecule has 0 fully saturated rings. The Labute approximate surface area is 140 Å². The quantitative estimate of drug-likeness (QED) is 0.835. The molecule has 1 unspecified atom stereocenters. The first-order valence-electron chi connectivity index (χ1n) is 6.70. The molecule has 2 amide bonds. The Hall–Kier alpha value is -2.41. The molecule has 3 N–H and O–H groups in total. The standard InChI is InChI=1S/C16H14BrFN2O3/c1-9(23-14-5-3-2-4-11(14)15(19)21)16(22)20-13-7-6-10(17)8-12(13)18/h2-9H,1H3,(H2,19,21)(H,20,22). The average Bonchev–Trinajstić information content (AvgIpc) is 2.50. The van der Waals surface area contributed by atoms with Crippen LogP contribution in [0.1, 0.15) is 17.3 Å². The Morgan fingerprint density at radius 1 is 1.26 bits per heavy atom. The van der Waals surface area contributed by atoms with Crippen molar-refractivity contribution in [3.63, 3.8) is 0 Å². The lowest BCUT2D eigenvalue weighted by atomic mass is 10.2. The number of primary amides is 1. The number of amides is 2. The molecule has 0 radical (unpaired) electrons. The highest BCUT2D eigenvalue weighted by Crippen LogP contribution is 2.21. The van der Waals surface area contributed by atoms with E-state index in [0.29, 0.717) is 4.47 Å². The second kappa shape index (κ2) is 7.23. The third-order valence-corrected chi connectivity index (χ3v) is 3.51. The maximum absolute atomic E-state index is 13.7. The summed E-state index contributed by atoms with van der Waals surface area (Å²) in [5.41, 5.74) is 5.46. The first-order valence-corrected chi connectivity index (χ1v) is 7.49. The highest BCUT2D eigenvalue weighted by molar-refractivity contribution is 9.10. The summed E-state index contributed by atoms with van der Waals surface area (Å²) in [5, 5.41) is 2.43. The van der Waals surface area contributed by atoms with Crippen molar-refractivity contribution < 1.29 is 18.7 Å². The van der Waals surface area contributed by atoms with Crippen LogP contribution in [0, 0.1) is 5.82 Å². The summed E-state index contributed by atoms with van der Waals surface area (Å²) in [6, 6.07) is 10.6. The highest BCUT2D eigenvalue weighted by Gasteiger charge is 2.19. The topological polar surface area (TPSA) is 81.4 Å². The summed E-state index contributed by atoms with van der Waals surface area (Å²) in [6.45, 7) is 1.49. The molecule has 0 aliphatic carbocycles. The number of carbonyl (C=O) groups is 2. The predicted molar refractivity (Wildman–Crippen MR) is 87.8 cm³/mol. The summed E-state index contributed by atoms with van der Waals surface area (Å²) >= 11 is 3.14. The van der Waals surface area contributed by atoms with Gasteiger partial charge in [0.2, 0.25) is 0 Å². The van der Waals surface area contributed by atoms with Crippen LogP contribution in [-0.2, 0) is 4.79 Å². The van der Waals surface area contributed by atoms with E-state index in [-0.39, 0.29) is 17.0 Å². The number of rotatable bonds is 5. The van der Waals surface area contributed by atoms with Crippen molar-refractivity contribution >= 4 is 33.4 Å². The van der Waals surface area contributed by atoms with Gasteiger partial charge in [-0.1, -0.05) is 28.1 Å². The smallest absolute Gasteiger partial charge is 0.265 e. The van der Waals surface area contributed by atoms with Gasteiger partial charge in [-0.15, -0.1) is 0 Å². The van der Waals surface area contributed by atoms with Crippen molar-refractivity contribution in [1.29, 1.82) is 0 Å². The average molecular weight is 381 g/mol. The number of anilines is 1. The SMILES string of the molecule is CC(Oc1ccccc1C(N)=O)C(=O)Nc1ccc(Br)cc1F. The minimum atomic E-state index is -0.946. The molecule has 23 heavy (non-hydrogen) atoms. The lowest BCUT2D eigenvalue weighted by Crippen LogP contribution is -2.31. The molecule has 0 saturated carbocycles. The van der Waals surface area contributed by atoms with Gasteiger partial charge >= 0.3 is 0 Å². The Balaban J connectivity index is 2.10. The van der Waals surface area contributed by atoms with Crippen molar-refractivity contribution in [2.75, 3.05) is 5.32 Å². The second-order valence-electron chi connectivity index (χ2n) is 4.73. The van der Waals surface area contributed by atoms with Crippen molar-refractivity contribution in [2.24, 2.45) is 5.73 Å². The summed E-state index contributed by atoms with van der Waals surface area (Å²) in [7, 11) is 0. The first-order chi connectivity index (χ1) is 10.9.